The minimum atomic E-state index is -0.652. The molecule has 0 aliphatic heterocycles. The first-order valence-electron chi connectivity index (χ1n) is 12.7. The van der Waals surface area contributed by atoms with Crippen LogP contribution in [0.4, 0.5) is 0 Å². The summed E-state index contributed by atoms with van der Waals surface area (Å²) in [5.74, 6) is 0.295. The van der Waals surface area contributed by atoms with Crippen LogP contribution in [0.5, 0.6) is 5.75 Å². The lowest BCUT2D eigenvalue weighted by Crippen LogP contribution is -2.51. The minimum Gasteiger partial charge on any atom is -0.484 e. The van der Waals surface area contributed by atoms with Crippen molar-refractivity contribution in [2.75, 3.05) is 13.2 Å². The maximum Gasteiger partial charge on any atom is 0.261 e. The second-order valence-electron chi connectivity index (χ2n) is 9.47. The molecule has 0 saturated carbocycles. The van der Waals surface area contributed by atoms with E-state index in [1.807, 2.05) is 87.5 Å². The van der Waals surface area contributed by atoms with Crippen LogP contribution in [0.2, 0.25) is 0 Å². The van der Waals surface area contributed by atoms with Gasteiger partial charge in [-0.3, -0.25) is 9.59 Å². The zero-order valence-corrected chi connectivity index (χ0v) is 21.9. The number of carbonyl (C=O) groups excluding carboxylic acids is 2. The van der Waals surface area contributed by atoms with Crippen LogP contribution in [0, 0.1) is 20.8 Å². The monoisotopic (exact) mass is 486 g/mol. The summed E-state index contributed by atoms with van der Waals surface area (Å²) in [5.41, 5.74) is 5.27. The summed E-state index contributed by atoms with van der Waals surface area (Å²) in [6.45, 7) is 8.90. The van der Waals surface area contributed by atoms with Gasteiger partial charge in [-0.2, -0.15) is 0 Å². The molecule has 0 spiro atoms. The van der Waals surface area contributed by atoms with E-state index in [1.54, 1.807) is 4.90 Å². The lowest BCUT2D eigenvalue weighted by molar-refractivity contribution is -0.142. The van der Waals surface area contributed by atoms with Gasteiger partial charge < -0.3 is 15.0 Å². The summed E-state index contributed by atoms with van der Waals surface area (Å²) in [7, 11) is 0. The first kappa shape index (κ1) is 27.0. The molecule has 0 radical (unpaired) electrons. The molecule has 190 valence electrons. The first-order valence-corrected chi connectivity index (χ1v) is 12.7. The zero-order valence-electron chi connectivity index (χ0n) is 21.9. The third-order valence-electron chi connectivity index (χ3n) is 6.13. The van der Waals surface area contributed by atoms with Crippen LogP contribution in [-0.4, -0.2) is 35.9 Å². The van der Waals surface area contributed by atoms with E-state index in [0.29, 0.717) is 25.3 Å². The Kier molecular flexibility index (Phi) is 10.1. The molecular weight excluding hydrogens is 448 g/mol. The van der Waals surface area contributed by atoms with Crippen LogP contribution < -0.4 is 10.1 Å². The number of unbranched alkanes of at least 4 members (excludes halogenated alkanes) is 1. The molecule has 5 heteroatoms. The van der Waals surface area contributed by atoms with Gasteiger partial charge in [0.05, 0.1) is 0 Å². The molecule has 36 heavy (non-hydrogen) atoms. The van der Waals surface area contributed by atoms with E-state index in [1.165, 1.54) is 0 Å². The summed E-state index contributed by atoms with van der Waals surface area (Å²) in [6, 6.07) is 23.2. The average Bonchev–Trinajstić information content (AvgIpc) is 2.86. The van der Waals surface area contributed by atoms with E-state index >= 15 is 0 Å². The lowest BCUT2D eigenvalue weighted by atomic mass is 10.0. The van der Waals surface area contributed by atoms with Crippen molar-refractivity contribution < 1.29 is 14.3 Å². The highest BCUT2D eigenvalue weighted by atomic mass is 16.5. The van der Waals surface area contributed by atoms with Crippen molar-refractivity contribution in [2.45, 2.75) is 59.5 Å². The van der Waals surface area contributed by atoms with Crippen LogP contribution in [0.3, 0.4) is 0 Å². The second kappa shape index (κ2) is 13.5. The van der Waals surface area contributed by atoms with Gasteiger partial charge in [0, 0.05) is 19.5 Å². The fourth-order valence-electron chi connectivity index (χ4n) is 4.19. The highest BCUT2D eigenvalue weighted by Gasteiger charge is 2.30. The van der Waals surface area contributed by atoms with Gasteiger partial charge in [-0.25, -0.2) is 0 Å². The third-order valence-corrected chi connectivity index (χ3v) is 6.13. The summed E-state index contributed by atoms with van der Waals surface area (Å²) >= 11 is 0. The van der Waals surface area contributed by atoms with Crippen molar-refractivity contribution >= 4 is 11.8 Å². The second-order valence-corrected chi connectivity index (χ2v) is 9.47. The molecule has 3 aromatic carbocycles. The van der Waals surface area contributed by atoms with E-state index in [9.17, 15) is 9.59 Å². The molecule has 1 N–H and O–H groups in total. The molecule has 0 saturated heterocycles. The Balaban J connectivity index is 1.88. The van der Waals surface area contributed by atoms with E-state index in [0.717, 1.165) is 40.7 Å². The normalized spacial score (nSPS) is 11.6. The van der Waals surface area contributed by atoms with Crippen molar-refractivity contribution in [3.63, 3.8) is 0 Å². The van der Waals surface area contributed by atoms with Crippen molar-refractivity contribution in [2.24, 2.45) is 0 Å². The van der Waals surface area contributed by atoms with E-state index in [-0.39, 0.29) is 18.4 Å². The molecule has 0 aliphatic carbocycles. The Bertz CT molecular complexity index is 1110. The standard InChI is InChI=1S/C31H38N2O3/c1-5-6-16-32-31(35)29(20-26-10-8-7-9-11-26)33(21-27-14-12-23(2)13-15-27)30(34)22-36-28-18-24(3)17-25(4)19-28/h7-15,17-19,29H,5-6,16,20-22H2,1-4H3,(H,32,35)/t29-/m1/s1. The molecular formula is C31H38N2O3. The maximum absolute atomic E-state index is 13.6. The number of nitrogens with zero attached hydrogens (tertiary/aromatic N) is 1. The molecule has 2 amide bonds. The fourth-order valence-corrected chi connectivity index (χ4v) is 4.19. The van der Waals surface area contributed by atoms with Gasteiger partial charge in [-0.05, 0) is 61.6 Å². The van der Waals surface area contributed by atoms with E-state index in [2.05, 4.69) is 18.3 Å². The molecule has 0 fully saturated rings. The number of amides is 2. The maximum atomic E-state index is 13.6. The molecule has 3 aromatic rings. The van der Waals surface area contributed by atoms with Crippen LogP contribution in [0.1, 0.15) is 47.6 Å². The van der Waals surface area contributed by atoms with Gasteiger partial charge in [0.25, 0.3) is 5.91 Å². The number of hydrogen-bond acceptors (Lipinski definition) is 3. The Hall–Kier alpha value is -3.60. The molecule has 1 atom stereocenters. The van der Waals surface area contributed by atoms with Crippen molar-refractivity contribution in [1.29, 1.82) is 0 Å². The number of aryl methyl sites for hydroxylation is 3. The lowest BCUT2D eigenvalue weighted by Gasteiger charge is -2.31. The average molecular weight is 487 g/mol. The SMILES string of the molecule is CCCCNC(=O)[C@@H](Cc1ccccc1)N(Cc1ccc(C)cc1)C(=O)COc1cc(C)cc(C)c1. The van der Waals surface area contributed by atoms with Crippen LogP contribution in [-0.2, 0) is 22.6 Å². The highest BCUT2D eigenvalue weighted by molar-refractivity contribution is 5.88. The molecule has 0 bridgehead atoms. The number of carbonyl (C=O) groups is 2. The van der Waals surface area contributed by atoms with Crippen molar-refractivity contribution in [3.05, 3.63) is 101 Å². The molecule has 0 heterocycles. The van der Waals surface area contributed by atoms with Gasteiger partial charge in [0.1, 0.15) is 11.8 Å². The summed E-state index contributed by atoms with van der Waals surface area (Å²) in [4.78, 5) is 28.7. The van der Waals surface area contributed by atoms with E-state index < -0.39 is 6.04 Å². The smallest absolute Gasteiger partial charge is 0.261 e. The molecule has 5 nitrogen and oxygen atoms in total. The minimum absolute atomic E-state index is 0.137. The Morgan fingerprint density at radius 2 is 1.53 bits per heavy atom. The number of rotatable bonds is 12. The molecule has 3 rings (SSSR count). The number of benzene rings is 3. The van der Waals surface area contributed by atoms with Crippen LogP contribution >= 0.6 is 0 Å². The topological polar surface area (TPSA) is 58.6 Å². The quantitative estimate of drug-likeness (QED) is 0.342. The van der Waals surface area contributed by atoms with Gasteiger partial charge in [0.2, 0.25) is 5.91 Å². The Morgan fingerprint density at radius 1 is 0.861 bits per heavy atom. The molecule has 0 aliphatic rings. The van der Waals surface area contributed by atoms with Crippen LogP contribution in [0.25, 0.3) is 0 Å². The zero-order chi connectivity index (χ0) is 25.9. The first-order chi connectivity index (χ1) is 17.4. The van der Waals surface area contributed by atoms with Gasteiger partial charge in [-0.15, -0.1) is 0 Å². The van der Waals surface area contributed by atoms with Gasteiger partial charge in [0.15, 0.2) is 6.61 Å². The van der Waals surface area contributed by atoms with E-state index in [4.69, 9.17) is 4.74 Å². The summed E-state index contributed by atoms with van der Waals surface area (Å²) in [6.07, 6.45) is 2.31. The van der Waals surface area contributed by atoms with Crippen molar-refractivity contribution in [1.82, 2.24) is 10.2 Å². The predicted octanol–water partition coefficient (Wildman–Crippen LogP) is 5.55. The largest absolute Gasteiger partial charge is 0.484 e. The predicted molar refractivity (Wildman–Crippen MR) is 145 cm³/mol. The molecule has 0 unspecified atom stereocenters. The Labute approximate surface area is 215 Å². The van der Waals surface area contributed by atoms with Gasteiger partial charge in [-0.1, -0.05) is 79.6 Å². The third kappa shape index (κ3) is 8.26. The summed E-state index contributed by atoms with van der Waals surface area (Å²) < 4.78 is 5.92. The van der Waals surface area contributed by atoms with Crippen LogP contribution in [0.15, 0.2) is 72.8 Å². The highest BCUT2D eigenvalue weighted by Crippen LogP contribution is 2.19. The van der Waals surface area contributed by atoms with Gasteiger partial charge >= 0.3 is 0 Å². The Morgan fingerprint density at radius 3 is 2.17 bits per heavy atom. The fraction of sp³-hybridized carbons (Fsp3) is 0.355. The molecule has 0 aromatic heterocycles. The number of ether oxygens (including phenoxy) is 1. The summed E-state index contributed by atoms with van der Waals surface area (Å²) in [5, 5.41) is 3.05. The number of nitrogens with one attached hydrogen (secondary N) is 1. The number of hydrogen-bond donors (Lipinski definition) is 1. The van der Waals surface area contributed by atoms with Crippen molar-refractivity contribution in [3.8, 4) is 5.75 Å².